The Hall–Kier alpha value is -3.47. The van der Waals surface area contributed by atoms with Crippen molar-refractivity contribution in [3.05, 3.63) is 52.5 Å². The van der Waals surface area contributed by atoms with Crippen LogP contribution >= 0.6 is 15.9 Å². The molecule has 1 aliphatic rings. The molecule has 4 aromatic rings. The number of nitrogens with zero attached hydrogens (tertiary/aromatic N) is 5. The van der Waals surface area contributed by atoms with Crippen LogP contribution in [0.2, 0.25) is 0 Å². The predicted octanol–water partition coefficient (Wildman–Crippen LogP) is 4.90. The van der Waals surface area contributed by atoms with Crippen LogP contribution in [0.3, 0.4) is 0 Å². The van der Waals surface area contributed by atoms with Crippen molar-refractivity contribution in [1.29, 1.82) is 0 Å². The quantitative estimate of drug-likeness (QED) is 0.210. The molecular weight excluding hydrogens is 531 g/mol. The number of hydrogen-bond acceptors (Lipinski definition) is 6. The molecule has 0 radical (unpaired) electrons. The van der Waals surface area contributed by atoms with Gasteiger partial charge in [0.15, 0.2) is 0 Å². The highest BCUT2D eigenvalue weighted by molar-refractivity contribution is 9.10. The number of aryl methyl sites for hydroxylation is 1. The van der Waals surface area contributed by atoms with Crippen LogP contribution in [0.15, 0.2) is 41.0 Å². The number of imidazole rings is 1. The Bertz CT molecular complexity index is 1430. The highest BCUT2D eigenvalue weighted by Gasteiger charge is 2.32. The lowest BCUT2D eigenvalue weighted by Crippen LogP contribution is -2.16. The molecule has 3 aromatic heterocycles. The number of rotatable bonds is 10. The molecular formula is C25H26BrFN6O3. The van der Waals surface area contributed by atoms with Gasteiger partial charge in [0.05, 0.1) is 40.7 Å². The second-order valence-electron chi connectivity index (χ2n) is 9.16. The van der Waals surface area contributed by atoms with Crippen LogP contribution in [-0.2, 0) is 13.6 Å². The number of nitrogen functional groups attached to an aromatic ring is 1. The number of carbonyl (C=O) groups is 1. The Kier molecular flexibility index (Phi) is 6.65. The Balaban J connectivity index is 1.26. The summed E-state index contributed by atoms with van der Waals surface area (Å²) in [7, 11) is 1.72. The number of aromatic carboxylic acids is 1. The minimum absolute atomic E-state index is 0.167. The summed E-state index contributed by atoms with van der Waals surface area (Å²) in [5.41, 5.74) is 8.59. The Morgan fingerprint density at radius 3 is 2.86 bits per heavy atom. The highest BCUT2D eigenvalue weighted by atomic mass is 79.9. The third-order valence-corrected chi connectivity index (χ3v) is 7.10. The lowest BCUT2D eigenvalue weighted by Gasteiger charge is -2.18. The number of pyridine rings is 1. The summed E-state index contributed by atoms with van der Waals surface area (Å²) in [5, 5.41) is 13.4. The van der Waals surface area contributed by atoms with E-state index in [1.807, 2.05) is 18.2 Å². The molecule has 11 heteroatoms. The van der Waals surface area contributed by atoms with Crippen molar-refractivity contribution in [2.45, 2.75) is 32.2 Å². The van der Waals surface area contributed by atoms with Crippen LogP contribution in [0.1, 0.15) is 36.0 Å². The normalized spacial score (nSPS) is 14.3. The van der Waals surface area contributed by atoms with Gasteiger partial charge in [-0.3, -0.25) is 0 Å². The molecule has 1 aliphatic carbocycles. The number of ether oxygens (including phenoxy) is 1. The molecule has 3 N–H and O–H groups in total. The molecule has 3 heterocycles. The zero-order chi connectivity index (χ0) is 25.4. The van der Waals surface area contributed by atoms with Gasteiger partial charge in [-0.05, 0) is 61.8 Å². The Morgan fingerprint density at radius 1 is 1.31 bits per heavy atom. The third kappa shape index (κ3) is 5.06. The van der Waals surface area contributed by atoms with Gasteiger partial charge in [0.25, 0.3) is 0 Å². The smallest absolute Gasteiger partial charge is 0.335 e. The number of fused-ring (bicyclic) bond motifs is 1. The van der Waals surface area contributed by atoms with Crippen molar-refractivity contribution in [3.8, 4) is 17.1 Å². The molecule has 36 heavy (non-hydrogen) atoms. The molecule has 1 saturated carbocycles. The van der Waals surface area contributed by atoms with E-state index < -0.39 is 11.9 Å². The molecule has 1 fully saturated rings. The third-order valence-electron chi connectivity index (χ3n) is 6.60. The van der Waals surface area contributed by atoms with Crippen LogP contribution in [-0.4, -0.2) is 42.0 Å². The minimum Gasteiger partial charge on any atom is -0.478 e. The lowest BCUT2D eigenvalue weighted by atomic mass is 9.97. The molecule has 0 saturated heterocycles. The van der Waals surface area contributed by atoms with Crippen LogP contribution in [0, 0.1) is 17.8 Å². The predicted molar refractivity (Wildman–Crippen MR) is 136 cm³/mol. The van der Waals surface area contributed by atoms with Gasteiger partial charge in [-0.25, -0.2) is 19.4 Å². The molecule has 1 atom stereocenters. The van der Waals surface area contributed by atoms with Gasteiger partial charge in [-0.15, -0.1) is 0 Å². The van der Waals surface area contributed by atoms with E-state index in [2.05, 4.69) is 35.6 Å². The highest BCUT2D eigenvalue weighted by Crippen LogP contribution is 2.41. The number of halogens is 2. The zero-order valence-corrected chi connectivity index (χ0v) is 21.3. The maximum Gasteiger partial charge on any atom is 0.335 e. The van der Waals surface area contributed by atoms with Gasteiger partial charge in [0.1, 0.15) is 0 Å². The van der Waals surface area contributed by atoms with Crippen molar-refractivity contribution in [3.63, 3.8) is 0 Å². The summed E-state index contributed by atoms with van der Waals surface area (Å²) in [6.07, 6.45) is 5.69. The molecule has 9 nitrogen and oxygen atoms in total. The van der Waals surface area contributed by atoms with E-state index in [9.17, 15) is 14.3 Å². The minimum atomic E-state index is -1.23. The van der Waals surface area contributed by atoms with Crippen LogP contribution in [0.4, 0.5) is 10.3 Å². The Morgan fingerprint density at radius 2 is 2.11 bits per heavy atom. The average Bonchev–Trinajstić information content (AvgIpc) is 3.55. The number of benzene rings is 1. The van der Waals surface area contributed by atoms with Crippen molar-refractivity contribution >= 4 is 38.9 Å². The number of aromatic nitrogens is 5. The van der Waals surface area contributed by atoms with Crippen LogP contribution < -0.4 is 10.5 Å². The van der Waals surface area contributed by atoms with Crippen molar-refractivity contribution in [2.24, 2.45) is 18.9 Å². The zero-order valence-electron chi connectivity index (χ0n) is 19.7. The largest absolute Gasteiger partial charge is 0.478 e. The fourth-order valence-corrected chi connectivity index (χ4v) is 4.99. The van der Waals surface area contributed by atoms with Gasteiger partial charge < -0.3 is 20.1 Å². The van der Waals surface area contributed by atoms with Crippen LogP contribution in [0.25, 0.3) is 22.3 Å². The summed E-state index contributed by atoms with van der Waals surface area (Å²) in [6, 6.07) is 8.21. The van der Waals surface area contributed by atoms with E-state index in [0.29, 0.717) is 35.8 Å². The fraction of sp³-hybridized carbons (Fsp3) is 0.360. The number of anilines is 1. The summed E-state index contributed by atoms with van der Waals surface area (Å²) < 4.78 is 24.6. The van der Waals surface area contributed by atoms with Crippen molar-refractivity contribution < 1.29 is 19.0 Å². The fourth-order valence-electron chi connectivity index (χ4n) is 4.64. The lowest BCUT2D eigenvalue weighted by molar-refractivity contribution is 0.0696. The molecule has 0 amide bonds. The molecule has 188 valence electrons. The topological polar surface area (TPSA) is 121 Å². The summed E-state index contributed by atoms with van der Waals surface area (Å²) in [5.74, 6) is -0.0447. The first-order valence-corrected chi connectivity index (χ1v) is 12.6. The Labute approximate surface area is 215 Å². The van der Waals surface area contributed by atoms with Crippen molar-refractivity contribution in [2.75, 3.05) is 12.3 Å². The van der Waals surface area contributed by atoms with Crippen LogP contribution in [0.5, 0.6) is 5.88 Å². The number of hydrogen-bond donors (Lipinski definition) is 2. The first-order chi connectivity index (χ1) is 17.3. The van der Waals surface area contributed by atoms with Gasteiger partial charge in [0.2, 0.25) is 17.8 Å². The summed E-state index contributed by atoms with van der Waals surface area (Å²) in [4.78, 5) is 19.7. The average molecular weight is 557 g/mol. The number of carboxylic acids is 1. The van der Waals surface area contributed by atoms with E-state index in [0.717, 1.165) is 41.0 Å². The number of nitrogens with two attached hydrogens (primary N) is 1. The van der Waals surface area contributed by atoms with E-state index >= 15 is 0 Å². The second-order valence-corrected chi connectivity index (χ2v) is 10.1. The standard InChI is InChI=1S/C25H26BrFN6O3/c1-32-23(18(12-29-32)19-9-16(24(34)35)10-22(27)30-19)36-8-2-3-15(14-4-5-14)13-33-21-7-6-17(26)11-20(21)31-25(33)28/h6-7,9-12,14-15H,2-5,8,13H2,1H3,(H2,28,31)(H,34,35)/t15-/m1/s1. The molecule has 0 spiro atoms. The van der Waals surface area contributed by atoms with Gasteiger partial charge >= 0.3 is 5.97 Å². The molecule has 5 rings (SSSR count). The molecule has 0 bridgehead atoms. The first kappa shape index (κ1) is 24.2. The van der Waals surface area contributed by atoms with E-state index in [1.54, 1.807) is 7.05 Å². The molecule has 0 aliphatic heterocycles. The molecule has 0 unspecified atom stereocenters. The molecule has 1 aromatic carbocycles. The monoisotopic (exact) mass is 556 g/mol. The summed E-state index contributed by atoms with van der Waals surface area (Å²) in [6.45, 7) is 1.24. The van der Waals surface area contributed by atoms with Gasteiger partial charge in [-0.1, -0.05) is 15.9 Å². The van der Waals surface area contributed by atoms with E-state index in [1.165, 1.54) is 29.8 Å². The van der Waals surface area contributed by atoms with Gasteiger partial charge in [-0.2, -0.15) is 9.49 Å². The van der Waals surface area contributed by atoms with Gasteiger partial charge in [0, 0.05) is 24.1 Å². The number of carboxylic acid groups (broad SMARTS) is 1. The first-order valence-electron chi connectivity index (χ1n) is 11.8. The van der Waals surface area contributed by atoms with E-state index in [-0.39, 0.29) is 11.3 Å². The maximum atomic E-state index is 13.9. The second kappa shape index (κ2) is 9.88. The maximum absolute atomic E-state index is 13.9. The van der Waals surface area contributed by atoms with Crippen molar-refractivity contribution in [1.82, 2.24) is 24.3 Å². The SMILES string of the molecule is Cn1ncc(-c2cc(C(=O)O)cc(F)n2)c1OCCC[C@H](Cn1c(N)nc2cc(Br)ccc21)C1CC1. The summed E-state index contributed by atoms with van der Waals surface area (Å²) >= 11 is 3.49. The van der Waals surface area contributed by atoms with E-state index in [4.69, 9.17) is 10.5 Å².